The van der Waals surface area contributed by atoms with Crippen molar-refractivity contribution in [2.24, 2.45) is 7.05 Å². The summed E-state index contributed by atoms with van der Waals surface area (Å²) in [6.45, 7) is 5.10. The van der Waals surface area contributed by atoms with Gasteiger partial charge in [0.1, 0.15) is 5.69 Å². The van der Waals surface area contributed by atoms with E-state index in [1.54, 1.807) is 20.9 Å². The van der Waals surface area contributed by atoms with E-state index < -0.39 is 29.2 Å². The van der Waals surface area contributed by atoms with Crippen LogP contribution >= 0.6 is 0 Å². The number of hydrogen-bond acceptors (Lipinski definition) is 3. The number of nitrogens with one attached hydrogen (secondary N) is 2. The van der Waals surface area contributed by atoms with Crippen LogP contribution in [0.25, 0.3) is 0 Å². The van der Waals surface area contributed by atoms with Gasteiger partial charge in [0.25, 0.3) is 17.6 Å². The maximum atomic E-state index is 13.3. The predicted octanol–water partition coefficient (Wildman–Crippen LogP) is 3.13. The van der Waals surface area contributed by atoms with Crippen molar-refractivity contribution in [3.8, 4) is 12.3 Å². The average molecular weight is 403 g/mol. The van der Waals surface area contributed by atoms with E-state index in [1.807, 2.05) is 6.92 Å². The molecule has 6 nitrogen and oxygen atoms in total. The molecule has 0 aliphatic carbocycles. The molecule has 0 unspecified atom stereocenters. The van der Waals surface area contributed by atoms with E-state index in [0.29, 0.717) is 11.3 Å². The largest absolute Gasteiger partial charge is 0.352 e. The molecule has 0 fully saturated rings. The zero-order valence-corrected chi connectivity index (χ0v) is 16.9. The van der Waals surface area contributed by atoms with Gasteiger partial charge in [0, 0.05) is 38.0 Å². The molecule has 2 amide bonds. The second-order valence-corrected chi connectivity index (χ2v) is 6.04. The van der Waals surface area contributed by atoms with Gasteiger partial charge < -0.3 is 15.2 Å². The van der Waals surface area contributed by atoms with Crippen LogP contribution in [0.3, 0.4) is 0 Å². The average Bonchev–Trinajstić information content (AvgIpc) is 2.92. The summed E-state index contributed by atoms with van der Waals surface area (Å²) >= 11 is 0. The topological polar surface area (TPSA) is 80.2 Å². The van der Waals surface area contributed by atoms with Gasteiger partial charge in [0.15, 0.2) is 11.6 Å². The lowest BCUT2D eigenvalue weighted by atomic mass is 10.0. The number of hydrogen-bond donors (Lipinski definition) is 2. The van der Waals surface area contributed by atoms with Gasteiger partial charge in [0.2, 0.25) is 0 Å². The number of ketones is 1. The third-order valence-corrected chi connectivity index (χ3v) is 4.19. The second-order valence-electron chi connectivity index (χ2n) is 6.04. The van der Waals surface area contributed by atoms with Crippen LogP contribution < -0.4 is 10.6 Å². The van der Waals surface area contributed by atoms with Crippen LogP contribution in [0, 0.1) is 37.8 Å². The number of amides is 2. The molecule has 0 atom stereocenters. The molecule has 0 saturated carbocycles. The van der Waals surface area contributed by atoms with E-state index >= 15 is 0 Å². The van der Waals surface area contributed by atoms with E-state index in [-0.39, 0.29) is 16.9 Å². The van der Waals surface area contributed by atoms with Crippen molar-refractivity contribution in [1.29, 1.82) is 0 Å². The molecule has 2 aromatic rings. The van der Waals surface area contributed by atoms with Crippen molar-refractivity contribution in [2.45, 2.75) is 27.2 Å². The first-order valence-corrected chi connectivity index (χ1v) is 8.72. The standard InChI is InChI=1S/C17H17F2N3O3.C4H6/c1-8-13(15(23)17(25)20-3)9(2)22(4)14(8)16(24)21-10-5-6-11(18)12(19)7-10;1-3-4-2/h5-7H,1-4H3,(H,20,25)(H,21,24);1H,4H2,2H3. The van der Waals surface area contributed by atoms with Crippen molar-refractivity contribution < 1.29 is 23.2 Å². The van der Waals surface area contributed by atoms with E-state index in [4.69, 9.17) is 6.42 Å². The summed E-state index contributed by atoms with van der Waals surface area (Å²) in [5, 5.41) is 4.70. The predicted molar refractivity (Wildman–Crippen MR) is 107 cm³/mol. The van der Waals surface area contributed by atoms with E-state index in [1.165, 1.54) is 17.7 Å². The van der Waals surface area contributed by atoms with Crippen LogP contribution in [0.5, 0.6) is 0 Å². The molecule has 0 radical (unpaired) electrons. The highest BCUT2D eigenvalue weighted by Crippen LogP contribution is 2.23. The Hall–Kier alpha value is -3.47. The minimum atomic E-state index is -1.09. The van der Waals surface area contributed by atoms with Gasteiger partial charge in [-0.1, -0.05) is 6.92 Å². The molecule has 1 aromatic heterocycles. The lowest BCUT2D eigenvalue weighted by molar-refractivity contribution is -0.116. The van der Waals surface area contributed by atoms with Gasteiger partial charge >= 0.3 is 0 Å². The molecule has 1 heterocycles. The molecule has 2 N–H and O–H groups in total. The third-order valence-electron chi connectivity index (χ3n) is 4.19. The molecule has 0 spiro atoms. The number of anilines is 1. The molecular weight excluding hydrogens is 380 g/mol. The molecule has 0 saturated heterocycles. The van der Waals surface area contributed by atoms with E-state index in [2.05, 4.69) is 16.6 Å². The van der Waals surface area contributed by atoms with Gasteiger partial charge in [-0.25, -0.2) is 8.78 Å². The first kappa shape index (κ1) is 23.6. The van der Waals surface area contributed by atoms with Gasteiger partial charge in [0.05, 0.1) is 5.56 Å². The van der Waals surface area contributed by atoms with Crippen molar-refractivity contribution in [3.63, 3.8) is 0 Å². The van der Waals surface area contributed by atoms with Crippen molar-refractivity contribution in [3.05, 3.63) is 52.3 Å². The van der Waals surface area contributed by atoms with Crippen LogP contribution in [0.2, 0.25) is 0 Å². The Labute approximate surface area is 168 Å². The number of aromatic nitrogens is 1. The number of rotatable bonds is 4. The summed E-state index contributed by atoms with van der Waals surface area (Å²) in [7, 11) is 2.91. The summed E-state index contributed by atoms with van der Waals surface area (Å²) in [6.07, 6.45) is 5.62. The number of carbonyl (C=O) groups excluding carboxylic acids is 3. The minimum Gasteiger partial charge on any atom is -0.352 e. The van der Waals surface area contributed by atoms with Crippen LogP contribution in [-0.4, -0.2) is 29.2 Å². The minimum absolute atomic E-state index is 0.0707. The van der Waals surface area contributed by atoms with Crippen molar-refractivity contribution >= 4 is 23.3 Å². The monoisotopic (exact) mass is 403 g/mol. The zero-order valence-electron chi connectivity index (χ0n) is 16.9. The lowest BCUT2D eigenvalue weighted by Gasteiger charge is -2.08. The van der Waals surface area contributed by atoms with E-state index in [0.717, 1.165) is 18.6 Å². The molecule has 154 valence electrons. The van der Waals surface area contributed by atoms with Crippen LogP contribution in [0.15, 0.2) is 18.2 Å². The van der Waals surface area contributed by atoms with Gasteiger partial charge in [-0.15, -0.1) is 12.3 Å². The Morgan fingerprint density at radius 1 is 1.17 bits per heavy atom. The van der Waals surface area contributed by atoms with Crippen molar-refractivity contribution in [2.75, 3.05) is 12.4 Å². The molecule has 2 rings (SSSR count). The fraction of sp³-hybridized carbons (Fsp3) is 0.286. The summed E-state index contributed by atoms with van der Waals surface area (Å²) in [4.78, 5) is 36.3. The summed E-state index contributed by atoms with van der Waals surface area (Å²) in [6, 6.07) is 2.97. The Morgan fingerprint density at radius 2 is 1.76 bits per heavy atom. The quantitative estimate of drug-likeness (QED) is 0.468. The lowest BCUT2D eigenvalue weighted by Crippen LogP contribution is -2.28. The Morgan fingerprint density at radius 3 is 2.24 bits per heavy atom. The highest BCUT2D eigenvalue weighted by atomic mass is 19.2. The molecule has 29 heavy (non-hydrogen) atoms. The maximum absolute atomic E-state index is 13.3. The molecule has 0 aliphatic heterocycles. The van der Waals surface area contributed by atoms with Gasteiger partial charge in [-0.05, 0) is 31.5 Å². The molecule has 0 aliphatic rings. The number of carbonyl (C=O) groups is 3. The summed E-state index contributed by atoms with van der Waals surface area (Å²) < 4.78 is 27.7. The fourth-order valence-electron chi connectivity index (χ4n) is 2.63. The number of Topliss-reactive ketones (excluding diaryl/α,β-unsaturated/α-hetero) is 1. The summed E-state index contributed by atoms with van der Waals surface area (Å²) in [5.41, 5.74) is 1.13. The number of benzene rings is 1. The first-order chi connectivity index (χ1) is 13.6. The Bertz CT molecular complexity index is 988. The number of nitrogens with zero attached hydrogens (tertiary/aromatic N) is 1. The SMILES string of the molecule is C#CCC.CNC(=O)C(=O)c1c(C)c(C(=O)Nc2ccc(F)c(F)c2)n(C)c1C. The summed E-state index contributed by atoms with van der Waals surface area (Å²) in [5.74, 6) is -1.83. The highest BCUT2D eigenvalue weighted by Gasteiger charge is 2.28. The third kappa shape index (κ3) is 5.29. The Kier molecular flexibility index (Phi) is 8.27. The molecule has 8 heteroatoms. The van der Waals surface area contributed by atoms with E-state index in [9.17, 15) is 23.2 Å². The van der Waals surface area contributed by atoms with Crippen LogP contribution in [0.1, 0.15) is 45.4 Å². The van der Waals surface area contributed by atoms with Gasteiger partial charge in [-0.2, -0.15) is 0 Å². The van der Waals surface area contributed by atoms with Crippen molar-refractivity contribution in [1.82, 2.24) is 9.88 Å². The van der Waals surface area contributed by atoms with Crippen LogP contribution in [0.4, 0.5) is 14.5 Å². The maximum Gasteiger partial charge on any atom is 0.292 e. The number of halogens is 2. The number of terminal acetylenes is 1. The molecule has 0 bridgehead atoms. The normalized spacial score (nSPS) is 9.72. The molecular formula is C21H23F2N3O3. The zero-order chi connectivity index (χ0) is 22.3. The van der Waals surface area contributed by atoms with Gasteiger partial charge in [-0.3, -0.25) is 14.4 Å². The number of likely N-dealkylation sites (N-methyl/N-ethyl adjacent to an activating group) is 1. The smallest absolute Gasteiger partial charge is 0.292 e. The first-order valence-electron chi connectivity index (χ1n) is 8.72. The Balaban J connectivity index is 0.000000960. The fourth-order valence-corrected chi connectivity index (χ4v) is 2.63. The second kappa shape index (κ2) is 10.2. The van der Waals surface area contributed by atoms with Crippen LogP contribution in [-0.2, 0) is 11.8 Å². The molecule has 1 aromatic carbocycles. The highest BCUT2D eigenvalue weighted by molar-refractivity contribution is 6.43.